The predicted octanol–water partition coefficient (Wildman–Crippen LogP) is 3.22. The number of nitrogen functional groups attached to an aromatic ring is 1. The molecule has 3 rings (SSSR count). The first-order chi connectivity index (χ1) is 11.1. The summed E-state index contributed by atoms with van der Waals surface area (Å²) in [5.74, 6) is 0.0543. The van der Waals surface area contributed by atoms with E-state index in [1.54, 1.807) is 0 Å². The Balaban J connectivity index is 1.82. The van der Waals surface area contributed by atoms with Gasteiger partial charge in [-0.2, -0.15) is 0 Å². The van der Waals surface area contributed by atoms with Crippen LogP contribution in [0.5, 0.6) is 0 Å². The van der Waals surface area contributed by atoms with Crippen molar-refractivity contribution in [3.05, 3.63) is 23.3 Å². The molecule has 6 heteroatoms. The second kappa shape index (κ2) is 6.84. The number of aryl methyl sites for hydroxylation is 1. The number of thiazole rings is 1. The molecule has 0 radical (unpaired) electrons. The molecule has 0 bridgehead atoms. The minimum Gasteiger partial charge on any atom is -0.376 e. The summed E-state index contributed by atoms with van der Waals surface area (Å²) < 4.78 is 6.74. The number of amides is 1. The van der Waals surface area contributed by atoms with Crippen LogP contribution in [-0.2, 0) is 4.74 Å². The van der Waals surface area contributed by atoms with Gasteiger partial charge in [0, 0.05) is 25.3 Å². The molecule has 2 N–H and O–H groups in total. The molecule has 2 aromatic rings. The summed E-state index contributed by atoms with van der Waals surface area (Å²) in [6.45, 7) is 6.13. The molecule has 0 saturated carbocycles. The molecule has 1 aromatic heterocycles. The number of benzene rings is 1. The van der Waals surface area contributed by atoms with Crippen molar-refractivity contribution in [2.45, 2.75) is 39.2 Å². The summed E-state index contributed by atoms with van der Waals surface area (Å²) in [6.07, 6.45) is 3.50. The Bertz CT molecular complexity index is 707. The average Bonchev–Trinajstić information content (AvgIpc) is 2.94. The first-order valence-electron chi connectivity index (χ1n) is 8.16. The molecule has 0 aliphatic carbocycles. The number of hydrogen-bond acceptors (Lipinski definition) is 5. The molecule has 1 aromatic carbocycles. The average molecular weight is 333 g/mol. The maximum absolute atomic E-state index is 12.9. The number of hydrogen-bond donors (Lipinski definition) is 1. The van der Waals surface area contributed by atoms with Gasteiger partial charge in [-0.05, 0) is 50.8 Å². The van der Waals surface area contributed by atoms with Crippen molar-refractivity contribution in [3.63, 3.8) is 0 Å². The number of fused-ring (bicyclic) bond motifs is 1. The summed E-state index contributed by atoms with van der Waals surface area (Å²) in [4.78, 5) is 19.1. The van der Waals surface area contributed by atoms with E-state index in [0.29, 0.717) is 23.8 Å². The van der Waals surface area contributed by atoms with Gasteiger partial charge in [-0.15, -0.1) is 0 Å². The fourth-order valence-corrected chi connectivity index (χ4v) is 3.92. The van der Waals surface area contributed by atoms with Gasteiger partial charge in [-0.1, -0.05) is 11.3 Å². The third kappa shape index (κ3) is 3.48. The Morgan fingerprint density at radius 2 is 2.30 bits per heavy atom. The van der Waals surface area contributed by atoms with Crippen molar-refractivity contribution in [2.24, 2.45) is 0 Å². The van der Waals surface area contributed by atoms with E-state index < -0.39 is 0 Å². The van der Waals surface area contributed by atoms with Gasteiger partial charge in [-0.3, -0.25) is 4.79 Å². The molecule has 1 aliphatic rings. The zero-order valence-corrected chi connectivity index (χ0v) is 14.5. The smallest absolute Gasteiger partial charge is 0.253 e. The van der Waals surface area contributed by atoms with E-state index in [2.05, 4.69) is 4.98 Å². The van der Waals surface area contributed by atoms with Gasteiger partial charge in [0.15, 0.2) is 5.13 Å². The topological polar surface area (TPSA) is 68.5 Å². The quantitative estimate of drug-likeness (QED) is 0.933. The number of aromatic nitrogens is 1. The highest BCUT2D eigenvalue weighted by molar-refractivity contribution is 7.22. The van der Waals surface area contributed by atoms with E-state index in [-0.39, 0.29) is 12.0 Å². The summed E-state index contributed by atoms with van der Waals surface area (Å²) in [5, 5.41) is 0.538. The van der Waals surface area contributed by atoms with Gasteiger partial charge in [0.1, 0.15) is 0 Å². The number of carbonyl (C=O) groups excluding carboxylic acids is 1. The molecule has 0 spiro atoms. The maximum Gasteiger partial charge on any atom is 0.253 e. The lowest BCUT2D eigenvalue weighted by Gasteiger charge is -2.29. The third-order valence-electron chi connectivity index (χ3n) is 4.32. The molecule has 23 heavy (non-hydrogen) atoms. The lowest BCUT2D eigenvalue weighted by atomic mass is 10.1. The van der Waals surface area contributed by atoms with Crippen LogP contribution in [0.25, 0.3) is 10.2 Å². The first-order valence-corrected chi connectivity index (χ1v) is 8.97. The molecular weight excluding hydrogens is 310 g/mol. The third-order valence-corrected chi connectivity index (χ3v) is 5.15. The predicted molar refractivity (Wildman–Crippen MR) is 93.9 cm³/mol. The van der Waals surface area contributed by atoms with Crippen LogP contribution in [-0.4, -0.2) is 41.6 Å². The largest absolute Gasteiger partial charge is 0.376 e. The molecular formula is C17H23N3O2S. The molecule has 2 heterocycles. The molecule has 1 saturated heterocycles. The zero-order chi connectivity index (χ0) is 16.4. The number of carbonyl (C=O) groups is 1. The molecule has 124 valence electrons. The van der Waals surface area contributed by atoms with E-state index in [0.717, 1.165) is 35.2 Å². The van der Waals surface area contributed by atoms with Crippen LogP contribution in [0.1, 0.15) is 42.1 Å². The van der Waals surface area contributed by atoms with Crippen LogP contribution < -0.4 is 5.73 Å². The van der Waals surface area contributed by atoms with Crippen molar-refractivity contribution in [1.82, 2.24) is 9.88 Å². The monoisotopic (exact) mass is 333 g/mol. The fraction of sp³-hybridized carbons (Fsp3) is 0.529. The highest BCUT2D eigenvalue weighted by Crippen LogP contribution is 2.28. The molecule has 5 nitrogen and oxygen atoms in total. The minimum atomic E-state index is 0.0543. The normalized spacial score (nSPS) is 18.3. The molecule has 1 aliphatic heterocycles. The second-order valence-electron chi connectivity index (χ2n) is 6.02. The lowest BCUT2D eigenvalue weighted by Crippen LogP contribution is -2.39. The Morgan fingerprint density at radius 1 is 1.48 bits per heavy atom. The minimum absolute atomic E-state index is 0.0543. The van der Waals surface area contributed by atoms with Crippen LogP contribution >= 0.6 is 11.3 Å². The molecule has 1 amide bonds. The second-order valence-corrected chi connectivity index (χ2v) is 7.09. The molecule has 1 fully saturated rings. The maximum atomic E-state index is 12.9. The van der Waals surface area contributed by atoms with Gasteiger partial charge < -0.3 is 15.4 Å². The Hall–Kier alpha value is -1.66. The Labute approximate surface area is 140 Å². The van der Waals surface area contributed by atoms with E-state index in [1.165, 1.54) is 17.8 Å². The van der Waals surface area contributed by atoms with Crippen LogP contribution in [0.3, 0.4) is 0 Å². The standard InChI is InChI=1S/C17H23N3O2S/c1-3-20(10-13-6-4-5-7-22-13)16(21)12-8-11(2)15-14(9-12)23-17(18)19-15/h8-9,13H,3-7,10H2,1-2H3,(H2,18,19). The van der Waals surface area contributed by atoms with Crippen molar-refractivity contribution in [3.8, 4) is 0 Å². The van der Waals surface area contributed by atoms with Crippen molar-refractivity contribution < 1.29 is 9.53 Å². The van der Waals surface area contributed by atoms with E-state index in [4.69, 9.17) is 10.5 Å². The van der Waals surface area contributed by atoms with Gasteiger partial charge in [0.05, 0.1) is 16.3 Å². The Kier molecular flexibility index (Phi) is 4.82. The number of rotatable bonds is 4. The summed E-state index contributed by atoms with van der Waals surface area (Å²) in [5.41, 5.74) is 8.38. The summed E-state index contributed by atoms with van der Waals surface area (Å²) in [7, 11) is 0. The summed E-state index contributed by atoms with van der Waals surface area (Å²) in [6, 6.07) is 3.82. The lowest BCUT2D eigenvalue weighted by molar-refractivity contribution is -0.00311. The van der Waals surface area contributed by atoms with Crippen molar-refractivity contribution in [1.29, 1.82) is 0 Å². The van der Waals surface area contributed by atoms with Crippen LogP contribution in [0, 0.1) is 6.92 Å². The van der Waals surface area contributed by atoms with Crippen molar-refractivity contribution in [2.75, 3.05) is 25.4 Å². The zero-order valence-electron chi connectivity index (χ0n) is 13.7. The van der Waals surface area contributed by atoms with Gasteiger partial charge in [0.2, 0.25) is 0 Å². The number of anilines is 1. The van der Waals surface area contributed by atoms with Crippen LogP contribution in [0.15, 0.2) is 12.1 Å². The van der Waals surface area contributed by atoms with Gasteiger partial charge in [0.25, 0.3) is 5.91 Å². The fourth-order valence-electron chi connectivity index (χ4n) is 3.07. The van der Waals surface area contributed by atoms with Gasteiger partial charge >= 0.3 is 0 Å². The van der Waals surface area contributed by atoms with Crippen LogP contribution in [0.2, 0.25) is 0 Å². The number of likely N-dealkylation sites (N-methyl/N-ethyl adjacent to an activating group) is 1. The number of nitrogens with zero attached hydrogens (tertiary/aromatic N) is 2. The van der Waals surface area contributed by atoms with E-state index in [1.807, 2.05) is 30.9 Å². The number of nitrogens with two attached hydrogens (primary N) is 1. The van der Waals surface area contributed by atoms with Crippen LogP contribution in [0.4, 0.5) is 5.13 Å². The first kappa shape index (κ1) is 16.2. The molecule has 1 unspecified atom stereocenters. The summed E-state index contributed by atoms with van der Waals surface area (Å²) >= 11 is 1.42. The van der Waals surface area contributed by atoms with Crippen molar-refractivity contribution >= 4 is 32.6 Å². The highest BCUT2D eigenvalue weighted by Gasteiger charge is 2.22. The van der Waals surface area contributed by atoms with E-state index >= 15 is 0 Å². The number of ether oxygens (including phenoxy) is 1. The van der Waals surface area contributed by atoms with Gasteiger partial charge in [-0.25, -0.2) is 4.98 Å². The highest BCUT2D eigenvalue weighted by atomic mass is 32.1. The SMILES string of the molecule is CCN(CC1CCCCO1)C(=O)c1cc(C)c2nc(N)sc2c1. The Morgan fingerprint density at radius 3 is 3.00 bits per heavy atom. The van der Waals surface area contributed by atoms with E-state index in [9.17, 15) is 4.79 Å². The molecule has 1 atom stereocenters.